The Hall–Kier alpha value is -3.47. The highest BCUT2D eigenvalue weighted by Gasteiger charge is 2.32. The molecule has 0 fully saturated rings. The fourth-order valence-corrected chi connectivity index (χ4v) is 3.43. The highest BCUT2D eigenvalue weighted by molar-refractivity contribution is 5.94. The van der Waals surface area contributed by atoms with E-state index < -0.39 is 59.7 Å². The molecule has 1 aromatic carbocycles. The molecule has 0 bridgehead atoms. The Morgan fingerprint density at radius 3 is 1.94 bits per heavy atom. The lowest BCUT2D eigenvalue weighted by atomic mass is 9.98. The SMILES string of the molecule is CCC(C)C(N)C(=O)NC(CCC(N)=O)C(=O)NC(Cc1ccccc1)C(=O)NC(C(=O)O)C(C)C. The van der Waals surface area contributed by atoms with E-state index in [1.54, 1.807) is 51.1 Å². The van der Waals surface area contributed by atoms with Gasteiger partial charge in [0.2, 0.25) is 23.6 Å². The molecule has 8 N–H and O–H groups in total. The number of amides is 4. The quantitative estimate of drug-likeness (QED) is 0.194. The van der Waals surface area contributed by atoms with Crippen LogP contribution in [0, 0.1) is 11.8 Å². The van der Waals surface area contributed by atoms with Crippen molar-refractivity contribution in [3.8, 4) is 0 Å². The number of nitrogens with two attached hydrogens (primary N) is 2. The zero-order valence-electron chi connectivity index (χ0n) is 21.3. The molecule has 11 heteroatoms. The molecule has 5 unspecified atom stereocenters. The summed E-state index contributed by atoms with van der Waals surface area (Å²) in [6, 6.07) is 4.52. The summed E-state index contributed by atoms with van der Waals surface area (Å²) in [6.45, 7) is 6.99. The van der Waals surface area contributed by atoms with Crippen LogP contribution in [0.5, 0.6) is 0 Å². The predicted molar refractivity (Wildman–Crippen MR) is 134 cm³/mol. The number of benzene rings is 1. The van der Waals surface area contributed by atoms with E-state index in [2.05, 4.69) is 16.0 Å². The average molecular weight is 506 g/mol. The fraction of sp³-hybridized carbons (Fsp3) is 0.560. The molecular weight excluding hydrogens is 466 g/mol. The number of hydrogen-bond acceptors (Lipinski definition) is 6. The largest absolute Gasteiger partial charge is 0.480 e. The first-order chi connectivity index (χ1) is 16.9. The predicted octanol–water partition coefficient (Wildman–Crippen LogP) is 0.0630. The maximum atomic E-state index is 13.2. The number of carbonyl (C=O) groups is 5. The van der Waals surface area contributed by atoms with E-state index >= 15 is 0 Å². The zero-order chi connectivity index (χ0) is 27.4. The number of rotatable bonds is 15. The van der Waals surface area contributed by atoms with Gasteiger partial charge in [0, 0.05) is 12.8 Å². The third-order valence-electron chi connectivity index (χ3n) is 6.02. The maximum absolute atomic E-state index is 13.2. The Kier molecular flexibility index (Phi) is 12.6. The summed E-state index contributed by atoms with van der Waals surface area (Å²) < 4.78 is 0. The molecule has 0 saturated carbocycles. The summed E-state index contributed by atoms with van der Waals surface area (Å²) in [5.74, 6) is -4.38. The molecule has 0 spiro atoms. The van der Waals surface area contributed by atoms with E-state index in [0.717, 1.165) is 5.56 Å². The van der Waals surface area contributed by atoms with E-state index in [4.69, 9.17) is 11.5 Å². The second-order valence-electron chi connectivity index (χ2n) is 9.30. The first kappa shape index (κ1) is 30.6. The van der Waals surface area contributed by atoms with Gasteiger partial charge in [-0.2, -0.15) is 0 Å². The lowest BCUT2D eigenvalue weighted by Gasteiger charge is -2.26. The molecule has 0 aliphatic heterocycles. The Labute approximate surface area is 211 Å². The number of nitrogens with one attached hydrogen (secondary N) is 3. The van der Waals surface area contributed by atoms with Crippen LogP contribution in [0.4, 0.5) is 0 Å². The topological polar surface area (TPSA) is 194 Å². The van der Waals surface area contributed by atoms with Gasteiger partial charge < -0.3 is 32.5 Å². The van der Waals surface area contributed by atoms with Crippen molar-refractivity contribution in [2.45, 2.75) is 77.5 Å². The standard InChI is InChI=1S/C25H39N5O6/c1-5-15(4)20(27)24(34)28-17(11-12-19(26)31)22(32)29-18(13-16-9-7-6-8-10-16)23(33)30-21(14(2)3)25(35)36/h6-10,14-15,17-18,20-21H,5,11-13,27H2,1-4H3,(H2,26,31)(H,28,34)(H,29,32)(H,30,33)(H,35,36). The van der Waals surface area contributed by atoms with Crippen molar-refractivity contribution in [2.24, 2.45) is 23.3 Å². The molecule has 4 amide bonds. The van der Waals surface area contributed by atoms with Crippen LogP contribution in [0.2, 0.25) is 0 Å². The van der Waals surface area contributed by atoms with Gasteiger partial charge in [-0.3, -0.25) is 19.2 Å². The van der Waals surface area contributed by atoms with E-state index in [-0.39, 0.29) is 25.2 Å². The van der Waals surface area contributed by atoms with Gasteiger partial charge in [-0.15, -0.1) is 0 Å². The molecular formula is C25H39N5O6. The van der Waals surface area contributed by atoms with E-state index in [1.807, 2.05) is 6.92 Å². The first-order valence-corrected chi connectivity index (χ1v) is 12.1. The van der Waals surface area contributed by atoms with Gasteiger partial charge in [-0.25, -0.2) is 4.79 Å². The number of hydrogen-bond donors (Lipinski definition) is 6. The monoisotopic (exact) mass is 505 g/mol. The Balaban J connectivity index is 3.16. The smallest absolute Gasteiger partial charge is 0.326 e. The zero-order valence-corrected chi connectivity index (χ0v) is 21.3. The molecule has 200 valence electrons. The normalized spacial score (nSPS) is 15.2. The third-order valence-corrected chi connectivity index (χ3v) is 6.02. The average Bonchev–Trinajstić information content (AvgIpc) is 2.83. The van der Waals surface area contributed by atoms with Crippen molar-refractivity contribution in [3.05, 3.63) is 35.9 Å². The number of carboxylic acid groups (broad SMARTS) is 1. The summed E-state index contributed by atoms with van der Waals surface area (Å²) in [4.78, 5) is 61.9. The van der Waals surface area contributed by atoms with Gasteiger partial charge in [0.15, 0.2) is 0 Å². The summed E-state index contributed by atoms with van der Waals surface area (Å²) in [7, 11) is 0. The van der Waals surface area contributed by atoms with Gasteiger partial charge >= 0.3 is 5.97 Å². The fourth-order valence-electron chi connectivity index (χ4n) is 3.43. The van der Waals surface area contributed by atoms with Gasteiger partial charge in [0.25, 0.3) is 0 Å². The summed E-state index contributed by atoms with van der Waals surface area (Å²) in [5.41, 5.74) is 11.9. The van der Waals surface area contributed by atoms with Crippen LogP contribution in [0.15, 0.2) is 30.3 Å². The third kappa shape index (κ3) is 10.0. The van der Waals surface area contributed by atoms with Crippen LogP contribution < -0.4 is 27.4 Å². The minimum Gasteiger partial charge on any atom is -0.480 e. The summed E-state index contributed by atoms with van der Waals surface area (Å²) >= 11 is 0. The first-order valence-electron chi connectivity index (χ1n) is 12.1. The van der Waals surface area contributed by atoms with E-state index in [1.165, 1.54) is 0 Å². The molecule has 0 aliphatic carbocycles. The highest BCUT2D eigenvalue weighted by atomic mass is 16.4. The highest BCUT2D eigenvalue weighted by Crippen LogP contribution is 2.09. The van der Waals surface area contributed by atoms with Crippen molar-refractivity contribution in [2.75, 3.05) is 0 Å². The Bertz CT molecular complexity index is 907. The second kappa shape index (κ2) is 14.8. The molecule has 0 aromatic heterocycles. The molecule has 1 aromatic rings. The van der Waals surface area contributed by atoms with Crippen LogP contribution in [-0.4, -0.2) is 58.9 Å². The van der Waals surface area contributed by atoms with Crippen molar-refractivity contribution in [1.29, 1.82) is 0 Å². The van der Waals surface area contributed by atoms with Gasteiger partial charge in [0.05, 0.1) is 6.04 Å². The number of carboxylic acids is 1. The number of aliphatic carboxylic acids is 1. The van der Waals surface area contributed by atoms with Crippen LogP contribution in [0.3, 0.4) is 0 Å². The number of carbonyl (C=O) groups excluding carboxylic acids is 4. The molecule has 0 heterocycles. The van der Waals surface area contributed by atoms with Crippen molar-refractivity contribution in [3.63, 3.8) is 0 Å². The minimum absolute atomic E-state index is 0.0751. The lowest BCUT2D eigenvalue weighted by molar-refractivity contribution is -0.143. The van der Waals surface area contributed by atoms with Gasteiger partial charge in [-0.1, -0.05) is 64.4 Å². The van der Waals surface area contributed by atoms with Gasteiger partial charge in [-0.05, 0) is 23.8 Å². The Morgan fingerprint density at radius 2 is 1.44 bits per heavy atom. The maximum Gasteiger partial charge on any atom is 0.326 e. The second-order valence-corrected chi connectivity index (χ2v) is 9.30. The molecule has 0 saturated heterocycles. The molecule has 5 atom stereocenters. The summed E-state index contributed by atoms with van der Waals surface area (Å²) in [6.07, 6.45) is 0.447. The molecule has 0 radical (unpaired) electrons. The number of primary amides is 1. The summed E-state index contributed by atoms with van der Waals surface area (Å²) in [5, 5.41) is 17.1. The van der Waals surface area contributed by atoms with E-state index in [0.29, 0.717) is 6.42 Å². The van der Waals surface area contributed by atoms with Crippen molar-refractivity contribution < 1.29 is 29.1 Å². The van der Waals surface area contributed by atoms with Crippen LogP contribution in [0.25, 0.3) is 0 Å². The van der Waals surface area contributed by atoms with Crippen molar-refractivity contribution >= 4 is 29.6 Å². The molecule has 11 nitrogen and oxygen atoms in total. The van der Waals surface area contributed by atoms with Crippen LogP contribution >= 0.6 is 0 Å². The molecule has 1 rings (SSSR count). The minimum atomic E-state index is -1.20. The van der Waals surface area contributed by atoms with Gasteiger partial charge in [0.1, 0.15) is 18.1 Å². The van der Waals surface area contributed by atoms with Crippen molar-refractivity contribution in [1.82, 2.24) is 16.0 Å². The van der Waals surface area contributed by atoms with E-state index in [9.17, 15) is 29.1 Å². The molecule has 36 heavy (non-hydrogen) atoms. The molecule has 0 aliphatic rings. The Morgan fingerprint density at radius 1 is 0.889 bits per heavy atom. The van der Waals surface area contributed by atoms with Crippen LogP contribution in [0.1, 0.15) is 52.5 Å². The van der Waals surface area contributed by atoms with Crippen LogP contribution in [-0.2, 0) is 30.4 Å². The lowest BCUT2D eigenvalue weighted by Crippen LogP contribution is -2.58.